The molecule has 3 N–H and O–H groups in total. The predicted octanol–water partition coefficient (Wildman–Crippen LogP) is 5.60. The van der Waals surface area contributed by atoms with Gasteiger partial charge in [0.1, 0.15) is 0 Å². The second-order valence-electron chi connectivity index (χ2n) is 5.86. The Hall–Kier alpha value is -1.09. The van der Waals surface area contributed by atoms with E-state index in [9.17, 15) is 0 Å². The summed E-state index contributed by atoms with van der Waals surface area (Å²) in [6, 6.07) is 0. The lowest BCUT2D eigenvalue weighted by Gasteiger charge is -2.06. The largest absolute Gasteiger partial charge is 0.403 e. The molecule has 0 aromatic rings. The number of aliphatic imine (C=N–C) groups is 1. The number of hydrogen-bond acceptors (Lipinski definition) is 3. The average Bonchev–Trinajstić information content (AvgIpc) is 2.55. The van der Waals surface area contributed by atoms with Gasteiger partial charge in [0.05, 0.1) is 0 Å². The van der Waals surface area contributed by atoms with Crippen molar-refractivity contribution in [2.24, 2.45) is 22.6 Å². The summed E-state index contributed by atoms with van der Waals surface area (Å²) in [5, 5.41) is 7.00. The maximum atomic E-state index is 7.00. The van der Waals surface area contributed by atoms with Crippen molar-refractivity contribution in [1.29, 1.82) is 0 Å². The fraction of sp³-hybridized carbons (Fsp3) is 0.750. The van der Waals surface area contributed by atoms with Crippen LogP contribution in [-0.2, 0) is 0 Å². The van der Waals surface area contributed by atoms with Crippen LogP contribution in [0.2, 0.25) is 0 Å². The maximum absolute atomic E-state index is 7.00. The van der Waals surface area contributed by atoms with Crippen molar-refractivity contribution in [2.45, 2.75) is 75.2 Å². The zero-order valence-electron chi connectivity index (χ0n) is 17.7. The van der Waals surface area contributed by atoms with Gasteiger partial charge < -0.3 is 10.8 Å². The molecule has 0 aliphatic rings. The first-order valence-electron chi connectivity index (χ1n) is 8.61. The van der Waals surface area contributed by atoms with Gasteiger partial charge in [-0.2, -0.15) is 0 Å². The molecule has 0 unspecified atom stereocenters. The Balaban J connectivity index is -0.000000151. The van der Waals surface area contributed by atoms with E-state index >= 15 is 0 Å². The molecule has 3 nitrogen and oxygen atoms in total. The predicted molar refractivity (Wildman–Crippen MR) is 109 cm³/mol. The van der Waals surface area contributed by atoms with Crippen LogP contribution < -0.4 is 5.73 Å². The Kier molecular flexibility index (Phi) is 27.2. The summed E-state index contributed by atoms with van der Waals surface area (Å²) in [6.45, 7) is 22.9. The SMILES string of the molecule is C=C(N)CC/C(C)=C(/C)C(C)=NC.CC.CC(C)C(C)C.CO. The van der Waals surface area contributed by atoms with E-state index in [-0.39, 0.29) is 0 Å². The van der Waals surface area contributed by atoms with E-state index in [2.05, 4.69) is 53.1 Å². The average molecular weight is 329 g/mol. The Morgan fingerprint density at radius 3 is 1.52 bits per heavy atom. The van der Waals surface area contributed by atoms with Crippen molar-refractivity contribution in [1.82, 2.24) is 0 Å². The highest BCUT2D eigenvalue weighted by Gasteiger charge is 2.00. The van der Waals surface area contributed by atoms with Crippen molar-refractivity contribution >= 4 is 5.71 Å². The van der Waals surface area contributed by atoms with Crippen LogP contribution in [0.25, 0.3) is 0 Å². The maximum Gasteiger partial charge on any atom is 0.0342 e. The van der Waals surface area contributed by atoms with Crippen LogP contribution in [0.1, 0.15) is 75.2 Å². The molecule has 0 bridgehead atoms. The molecular weight excluding hydrogens is 284 g/mol. The second kappa shape index (κ2) is 20.9. The van der Waals surface area contributed by atoms with Crippen LogP contribution >= 0.6 is 0 Å². The Bertz CT molecular complexity index is 321. The fourth-order valence-electron chi connectivity index (χ4n) is 1.01. The fourth-order valence-corrected chi connectivity index (χ4v) is 1.01. The number of rotatable bonds is 5. The second-order valence-corrected chi connectivity index (χ2v) is 5.86. The van der Waals surface area contributed by atoms with Crippen molar-refractivity contribution < 1.29 is 5.11 Å². The van der Waals surface area contributed by atoms with E-state index in [4.69, 9.17) is 10.8 Å². The zero-order valence-corrected chi connectivity index (χ0v) is 17.7. The van der Waals surface area contributed by atoms with Crippen LogP contribution in [-0.4, -0.2) is 25.0 Å². The molecule has 0 aromatic heterocycles. The van der Waals surface area contributed by atoms with Crippen molar-refractivity contribution in [2.75, 3.05) is 14.2 Å². The Morgan fingerprint density at radius 2 is 1.30 bits per heavy atom. The third-order valence-electron chi connectivity index (χ3n) is 3.67. The number of aliphatic hydroxyl groups excluding tert-OH is 1. The van der Waals surface area contributed by atoms with Crippen molar-refractivity contribution in [3.63, 3.8) is 0 Å². The minimum absolute atomic E-state index is 0.748. The normalized spacial score (nSPS) is 11.3. The summed E-state index contributed by atoms with van der Waals surface area (Å²) < 4.78 is 0. The first kappa shape index (κ1) is 29.9. The van der Waals surface area contributed by atoms with Gasteiger partial charge in [-0.05, 0) is 51.0 Å². The van der Waals surface area contributed by atoms with Gasteiger partial charge in [0.25, 0.3) is 0 Å². The highest BCUT2D eigenvalue weighted by Crippen LogP contribution is 2.13. The van der Waals surface area contributed by atoms with E-state index < -0.39 is 0 Å². The number of aliphatic hydroxyl groups is 1. The molecule has 140 valence electrons. The molecule has 0 spiro atoms. The van der Waals surface area contributed by atoms with Crippen LogP contribution in [0.5, 0.6) is 0 Å². The molecular formula is C20H44N2O. The first-order valence-corrected chi connectivity index (χ1v) is 8.61. The third kappa shape index (κ3) is 23.3. The monoisotopic (exact) mass is 328 g/mol. The molecule has 0 aromatic carbocycles. The summed E-state index contributed by atoms with van der Waals surface area (Å²) in [4.78, 5) is 4.14. The molecule has 0 fully saturated rings. The Morgan fingerprint density at radius 1 is 0.957 bits per heavy atom. The van der Waals surface area contributed by atoms with Crippen LogP contribution in [0.3, 0.4) is 0 Å². The molecule has 0 aliphatic carbocycles. The number of hydrogen-bond donors (Lipinski definition) is 2. The van der Waals surface area contributed by atoms with Gasteiger partial charge in [0, 0.05) is 25.6 Å². The van der Waals surface area contributed by atoms with Crippen LogP contribution in [0.4, 0.5) is 0 Å². The van der Waals surface area contributed by atoms with E-state index in [0.29, 0.717) is 0 Å². The quantitative estimate of drug-likeness (QED) is 0.645. The minimum Gasteiger partial charge on any atom is -0.403 e. The molecule has 23 heavy (non-hydrogen) atoms. The highest BCUT2D eigenvalue weighted by atomic mass is 16.2. The van der Waals surface area contributed by atoms with Crippen LogP contribution in [0, 0.1) is 11.8 Å². The van der Waals surface area contributed by atoms with Gasteiger partial charge in [-0.25, -0.2) is 0 Å². The zero-order chi connectivity index (χ0) is 19.6. The van der Waals surface area contributed by atoms with Gasteiger partial charge in [0.15, 0.2) is 0 Å². The molecule has 0 rings (SSSR count). The highest BCUT2D eigenvalue weighted by molar-refractivity contribution is 5.98. The summed E-state index contributed by atoms with van der Waals surface area (Å²) >= 11 is 0. The molecule has 0 radical (unpaired) electrons. The molecule has 0 heterocycles. The molecule has 0 amide bonds. The van der Waals surface area contributed by atoms with E-state index in [1.54, 1.807) is 0 Å². The van der Waals surface area contributed by atoms with Gasteiger partial charge in [-0.15, -0.1) is 0 Å². The lowest BCUT2D eigenvalue weighted by Crippen LogP contribution is -1.99. The first-order chi connectivity index (χ1) is 10.6. The smallest absolute Gasteiger partial charge is 0.0342 e. The third-order valence-corrected chi connectivity index (χ3v) is 3.67. The number of nitrogens with two attached hydrogens (primary N) is 1. The minimum atomic E-state index is 0.748. The van der Waals surface area contributed by atoms with Crippen molar-refractivity contribution in [3.05, 3.63) is 23.4 Å². The van der Waals surface area contributed by atoms with E-state index in [1.807, 2.05) is 27.8 Å². The molecule has 0 saturated heterocycles. The number of nitrogens with zero attached hydrogens (tertiary/aromatic N) is 1. The summed E-state index contributed by atoms with van der Waals surface area (Å²) in [7, 11) is 2.81. The van der Waals surface area contributed by atoms with E-state index in [0.717, 1.165) is 43.2 Å². The number of allylic oxidation sites excluding steroid dienone is 3. The topological polar surface area (TPSA) is 58.6 Å². The molecule has 0 saturated carbocycles. The molecule has 3 heteroatoms. The van der Waals surface area contributed by atoms with Gasteiger partial charge >= 0.3 is 0 Å². The lowest BCUT2D eigenvalue weighted by atomic mass is 10.0. The van der Waals surface area contributed by atoms with Gasteiger partial charge in [0.2, 0.25) is 0 Å². The summed E-state index contributed by atoms with van der Waals surface area (Å²) in [5.41, 5.74) is 9.96. The molecule has 0 atom stereocenters. The van der Waals surface area contributed by atoms with Gasteiger partial charge in [-0.3, -0.25) is 4.99 Å². The lowest BCUT2D eigenvalue weighted by molar-refractivity contribution is 0.399. The summed E-state index contributed by atoms with van der Waals surface area (Å²) in [5.74, 6) is 1.70. The van der Waals surface area contributed by atoms with Crippen LogP contribution in [0.15, 0.2) is 28.4 Å². The Labute approximate surface area is 146 Å². The molecule has 0 aliphatic heterocycles. The standard InChI is InChI=1S/C11H20N2.C6H14.C2H6.CH4O/c1-8(6-7-9(2)12)10(3)11(4)13-5;1-5(2)6(3)4;2*1-2/h2,6-7,12H2,1,3-5H3;5-6H,1-4H3;1-2H3;2H,1H3/b10-8-,13-11?;;;. The van der Waals surface area contributed by atoms with Crippen molar-refractivity contribution in [3.8, 4) is 0 Å². The van der Waals surface area contributed by atoms with E-state index in [1.165, 1.54) is 11.1 Å². The van der Waals surface area contributed by atoms with Gasteiger partial charge in [-0.1, -0.05) is 53.7 Å². The summed E-state index contributed by atoms with van der Waals surface area (Å²) in [6.07, 6.45) is 1.84.